The number of carbonyl (C=O) groups excluding carboxylic acids is 1. The number of aromatic nitrogens is 2. The molecule has 1 N–H and O–H groups in total. The van der Waals surface area contributed by atoms with Gasteiger partial charge in [-0.1, -0.05) is 11.8 Å². The van der Waals surface area contributed by atoms with Gasteiger partial charge in [-0.15, -0.1) is 0 Å². The van der Waals surface area contributed by atoms with Crippen LogP contribution in [-0.2, 0) is 11.3 Å². The quantitative estimate of drug-likeness (QED) is 0.587. The number of nitrogens with zero attached hydrogens (tertiary/aromatic N) is 3. The van der Waals surface area contributed by atoms with E-state index in [4.69, 9.17) is 4.74 Å². The van der Waals surface area contributed by atoms with Crippen LogP contribution >= 0.6 is 11.8 Å². The zero-order chi connectivity index (χ0) is 20.2. The molecule has 0 spiro atoms. The summed E-state index contributed by atoms with van der Waals surface area (Å²) in [6.07, 6.45) is -0.454. The molecule has 0 unspecified atom stereocenters. The van der Waals surface area contributed by atoms with Crippen molar-refractivity contribution in [3.8, 4) is 0 Å². The molecule has 8 nitrogen and oxygen atoms in total. The SMILES string of the molecule is Cc1nn(CCNC(=O)OC(C)(C)C)c(C)c1Sc1ccc([N+](=O)[O-])cc1. The van der Waals surface area contributed by atoms with Gasteiger partial charge in [-0.3, -0.25) is 14.8 Å². The Morgan fingerprint density at radius 2 is 1.93 bits per heavy atom. The zero-order valence-corrected chi connectivity index (χ0v) is 16.9. The monoisotopic (exact) mass is 392 g/mol. The number of rotatable bonds is 6. The molecule has 1 heterocycles. The van der Waals surface area contributed by atoms with Crippen LogP contribution in [0.3, 0.4) is 0 Å². The lowest BCUT2D eigenvalue weighted by atomic mass is 10.2. The smallest absolute Gasteiger partial charge is 0.407 e. The second-order valence-corrected chi connectivity index (χ2v) is 8.09. The van der Waals surface area contributed by atoms with Gasteiger partial charge in [0.1, 0.15) is 5.60 Å². The maximum atomic E-state index is 11.7. The number of alkyl carbamates (subject to hydrolysis) is 1. The van der Waals surface area contributed by atoms with Crippen LogP contribution in [0.4, 0.5) is 10.5 Å². The first-order valence-corrected chi connectivity index (χ1v) is 9.31. The third-order valence-corrected chi connectivity index (χ3v) is 4.88. The molecule has 0 bridgehead atoms. The van der Waals surface area contributed by atoms with Crippen LogP contribution in [0, 0.1) is 24.0 Å². The van der Waals surface area contributed by atoms with Crippen LogP contribution in [0.5, 0.6) is 0 Å². The number of hydrogen-bond donors (Lipinski definition) is 1. The summed E-state index contributed by atoms with van der Waals surface area (Å²) in [5.74, 6) is 0. The van der Waals surface area contributed by atoms with Crippen molar-refractivity contribution < 1.29 is 14.5 Å². The van der Waals surface area contributed by atoms with Crippen molar-refractivity contribution in [2.75, 3.05) is 6.54 Å². The van der Waals surface area contributed by atoms with Crippen molar-refractivity contribution in [2.45, 2.75) is 56.6 Å². The number of non-ortho nitro benzene ring substituents is 1. The fourth-order valence-electron chi connectivity index (χ4n) is 2.38. The van der Waals surface area contributed by atoms with E-state index >= 15 is 0 Å². The van der Waals surface area contributed by atoms with Crippen LogP contribution in [-0.4, -0.2) is 32.9 Å². The Labute approximate surface area is 162 Å². The maximum Gasteiger partial charge on any atom is 0.407 e. The molecule has 1 aromatic heterocycles. The van der Waals surface area contributed by atoms with Crippen molar-refractivity contribution in [3.05, 3.63) is 45.8 Å². The van der Waals surface area contributed by atoms with Crippen molar-refractivity contribution in [1.29, 1.82) is 0 Å². The van der Waals surface area contributed by atoms with Crippen molar-refractivity contribution in [2.24, 2.45) is 0 Å². The van der Waals surface area contributed by atoms with Crippen LogP contribution in [0.25, 0.3) is 0 Å². The summed E-state index contributed by atoms with van der Waals surface area (Å²) >= 11 is 1.51. The number of nitro groups is 1. The number of hydrogen-bond acceptors (Lipinski definition) is 6. The van der Waals surface area contributed by atoms with Gasteiger partial charge in [0, 0.05) is 29.3 Å². The summed E-state index contributed by atoms with van der Waals surface area (Å²) in [4.78, 5) is 23.9. The third-order valence-electron chi connectivity index (χ3n) is 3.57. The molecular formula is C18H24N4O4S. The van der Waals surface area contributed by atoms with E-state index < -0.39 is 16.6 Å². The molecule has 0 aliphatic carbocycles. The largest absolute Gasteiger partial charge is 0.444 e. The molecule has 0 saturated carbocycles. The molecule has 2 aromatic rings. The standard InChI is InChI=1S/C18H24N4O4S/c1-12-16(27-15-8-6-14(7-9-15)22(24)25)13(2)21(20-12)11-10-19-17(23)26-18(3,4)5/h6-9H,10-11H2,1-5H3,(H,19,23). The third kappa shape index (κ3) is 5.99. The minimum absolute atomic E-state index is 0.0664. The van der Waals surface area contributed by atoms with Gasteiger partial charge >= 0.3 is 6.09 Å². The second-order valence-electron chi connectivity index (χ2n) is 7.00. The number of ether oxygens (including phenoxy) is 1. The second kappa shape index (κ2) is 8.43. The van der Waals surface area contributed by atoms with Crippen molar-refractivity contribution in [3.63, 3.8) is 0 Å². The molecule has 0 aliphatic rings. The highest BCUT2D eigenvalue weighted by Crippen LogP contribution is 2.33. The topological polar surface area (TPSA) is 99.3 Å². The minimum atomic E-state index is -0.531. The van der Waals surface area contributed by atoms with E-state index in [1.165, 1.54) is 23.9 Å². The fourth-order valence-corrected chi connectivity index (χ4v) is 3.33. The van der Waals surface area contributed by atoms with Gasteiger partial charge in [0.25, 0.3) is 5.69 Å². The lowest BCUT2D eigenvalue weighted by Gasteiger charge is -2.19. The first kappa shape index (κ1) is 20.8. The normalized spacial score (nSPS) is 11.3. The highest BCUT2D eigenvalue weighted by atomic mass is 32.2. The van der Waals surface area contributed by atoms with Crippen LogP contribution in [0.15, 0.2) is 34.1 Å². The Hall–Kier alpha value is -2.55. The van der Waals surface area contributed by atoms with Gasteiger partial charge in [0.15, 0.2) is 0 Å². The first-order valence-electron chi connectivity index (χ1n) is 8.50. The molecule has 1 aromatic carbocycles. The number of amides is 1. The van der Waals surface area contributed by atoms with E-state index in [-0.39, 0.29) is 5.69 Å². The number of aryl methyl sites for hydroxylation is 1. The predicted octanol–water partition coefficient (Wildman–Crippen LogP) is 4.08. The summed E-state index contributed by atoms with van der Waals surface area (Å²) in [6.45, 7) is 10.2. The van der Waals surface area contributed by atoms with Gasteiger partial charge in [0.05, 0.1) is 22.1 Å². The van der Waals surface area contributed by atoms with Gasteiger partial charge < -0.3 is 10.1 Å². The highest BCUT2D eigenvalue weighted by Gasteiger charge is 2.17. The van der Waals surface area contributed by atoms with E-state index in [2.05, 4.69) is 10.4 Å². The summed E-state index contributed by atoms with van der Waals surface area (Å²) in [7, 11) is 0. The molecule has 27 heavy (non-hydrogen) atoms. The van der Waals surface area contributed by atoms with E-state index in [0.717, 1.165) is 21.2 Å². The van der Waals surface area contributed by atoms with E-state index in [9.17, 15) is 14.9 Å². The van der Waals surface area contributed by atoms with Gasteiger partial charge in [-0.05, 0) is 46.8 Å². The molecule has 146 valence electrons. The molecule has 0 saturated heterocycles. The highest BCUT2D eigenvalue weighted by molar-refractivity contribution is 7.99. The Morgan fingerprint density at radius 1 is 1.30 bits per heavy atom. The van der Waals surface area contributed by atoms with Crippen molar-refractivity contribution in [1.82, 2.24) is 15.1 Å². The maximum absolute atomic E-state index is 11.7. The summed E-state index contributed by atoms with van der Waals surface area (Å²) in [5, 5.41) is 18.0. The number of benzene rings is 1. The Balaban J connectivity index is 1.99. The van der Waals surface area contributed by atoms with E-state index in [1.54, 1.807) is 12.1 Å². The Morgan fingerprint density at radius 3 is 2.48 bits per heavy atom. The molecule has 1 amide bonds. The fraction of sp³-hybridized carbons (Fsp3) is 0.444. The van der Waals surface area contributed by atoms with E-state index in [1.807, 2.05) is 39.3 Å². The summed E-state index contributed by atoms with van der Waals surface area (Å²) in [5.41, 5.74) is 1.38. The lowest BCUT2D eigenvalue weighted by molar-refractivity contribution is -0.384. The Bertz CT molecular complexity index is 825. The average Bonchev–Trinajstić information content (AvgIpc) is 2.81. The lowest BCUT2D eigenvalue weighted by Crippen LogP contribution is -2.34. The average molecular weight is 392 g/mol. The van der Waals surface area contributed by atoms with Crippen LogP contribution in [0.1, 0.15) is 32.2 Å². The van der Waals surface area contributed by atoms with Crippen LogP contribution in [0.2, 0.25) is 0 Å². The van der Waals surface area contributed by atoms with E-state index in [0.29, 0.717) is 13.1 Å². The zero-order valence-electron chi connectivity index (χ0n) is 16.1. The molecule has 9 heteroatoms. The van der Waals surface area contributed by atoms with Gasteiger partial charge in [-0.25, -0.2) is 4.79 Å². The molecule has 0 fully saturated rings. The number of carbonyl (C=O) groups is 1. The minimum Gasteiger partial charge on any atom is -0.444 e. The molecule has 0 atom stereocenters. The molecule has 2 rings (SSSR count). The first-order chi connectivity index (χ1) is 12.6. The van der Waals surface area contributed by atoms with Gasteiger partial charge in [-0.2, -0.15) is 5.10 Å². The Kier molecular flexibility index (Phi) is 6.48. The molecule has 0 radical (unpaired) electrons. The van der Waals surface area contributed by atoms with Crippen LogP contribution < -0.4 is 5.32 Å². The molecular weight excluding hydrogens is 368 g/mol. The molecule has 0 aliphatic heterocycles. The van der Waals surface area contributed by atoms with Gasteiger partial charge in [0.2, 0.25) is 0 Å². The number of nitrogens with one attached hydrogen (secondary N) is 1. The summed E-state index contributed by atoms with van der Waals surface area (Å²) in [6, 6.07) is 6.43. The van der Waals surface area contributed by atoms with Crippen molar-refractivity contribution >= 4 is 23.5 Å². The predicted molar refractivity (Wildman–Crippen MR) is 103 cm³/mol. The summed E-state index contributed by atoms with van der Waals surface area (Å²) < 4.78 is 7.04. The number of nitro benzene ring substituents is 1.